The number of benzene rings is 10. The van der Waals surface area contributed by atoms with E-state index in [9.17, 15) is 0 Å². The normalized spacial score (nSPS) is 16.3. The van der Waals surface area contributed by atoms with Gasteiger partial charge in [0.2, 0.25) is 0 Å². The molecule has 0 radical (unpaired) electrons. The van der Waals surface area contributed by atoms with Crippen LogP contribution in [-0.4, -0.2) is 0 Å². The molecule has 0 heterocycles. The molecule has 10 aromatic rings. The standard InChI is InChI=1S/C66H49N/c1-64(2)54-30-16-14-28-52(54)62-57(64)33-19-35-60(62)67(61-36-20-34-58-63(61)53-29-15-18-32-56(53)66(58,47-23-9-5-10-24-47)48-25-11-6-12-26-48)49-40-37-44(38-41-49)45-39-42-51-50-27-13-17-31-55(50)65(3,59(51)43-45)46-21-7-4-8-22-46/h4-43H,1-3H3. The molecule has 1 atom stereocenters. The molecule has 0 N–H and O–H groups in total. The monoisotopic (exact) mass is 855 g/mol. The summed E-state index contributed by atoms with van der Waals surface area (Å²) in [6, 6.07) is 90.8. The molecule has 13 rings (SSSR count). The van der Waals surface area contributed by atoms with Gasteiger partial charge in [0.05, 0.1) is 16.8 Å². The molecule has 0 aromatic heterocycles. The van der Waals surface area contributed by atoms with Crippen molar-refractivity contribution in [3.8, 4) is 44.5 Å². The Bertz CT molecular complexity index is 3510. The average Bonchev–Trinajstić information content (AvgIpc) is 3.94. The SMILES string of the molecule is CC1(C)c2ccccc2-c2c(N(c3ccc(-c4ccc5c(c4)C(C)(c4ccccc4)c4ccccc4-5)cc3)c3cccc4c3-c3ccccc3C4(c3ccccc3)c3ccccc3)cccc21. The van der Waals surface area contributed by atoms with E-state index in [-0.39, 0.29) is 10.8 Å². The maximum absolute atomic E-state index is 2.56. The van der Waals surface area contributed by atoms with Crippen LogP contribution in [0, 0.1) is 0 Å². The van der Waals surface area contributed by atoms with E-state index in [2.05, 4.69) is 268 Å². The van der Waals surface area contributed by atoms with Gasteiger partial charge in [0.25, 0.3) is 0 Å². The Morgan fingerprint density at radius 1 is 0.299 bits per heavy atom. The van der Waals surface area contributed by atoms with Gasteiger partial charge in [0.15, 0.2) is 0 Å². The van der Waals surface area contributed by atoms with Crippen molar-refractivity contribution in [1.29, 1.82) is 0 Å². The van der Waals surface area contributed by atoms with Gasteiger partial charge in [0, 0.05) is 27.6 Å². The third kappa shape index (κ3) is 5.49. The fourth-order valence-electron chi connectivity index (χ4n) is 12.5. The van der Waals surface area contributed by atoms with Crippen LogP contribution in [0.1, 0.15) is 70.8 Å². The highest BCUT2D eigenvalue weighted by Crippen LogP contribution is 2.61. The van der Waals surface area contributed by atoms with Crippen LogP contribution >= 0.6 is 0 Å². The van der Waals surface area contributed by atoms with E-state index >= 15 is 0 Å². The minimum absolute atomic E-state index is 0.153. The summed E-state index contributed by atoms with van der Waals surface area (Å²) in [5, 5.41) is 0. The number of rotatable bonds is 7. The molecule has 0 saturated heterocycles. The summed E-state index contributed by atoms with van der Waals surface area (Å²) < 4.78 is 0. The third-order valence-electron chi connectivity index (χ3n) is 15.7. The van der Waals surface area contributed by atoms with Crippen molar-refractivity contribution in [2.24, 2.45) is 0 Å². The summed E-state index contributed by atoms with van der Waals surface area (Å²) >= 11 is 0. The van der Waals surface area contributed by atoms with Crippen LogP contribution in [0.4, 0.5) is 17.1 Å². The lowest BCUT2D eigenvalue weighted by atomic mass is 9.68. The topological polar surface area (TPSA) is 3.24 Å². The van der Waals surface area contributed by atoms with Crippen LogP contribution < -0.4 is 4.90 Å². The van der Waals surface area contributed by atoms with E-state index in [1.807, 2.05) is 0 Å². The minimum atomic E-state index is -0.519. The van der Waals surface area contributed by atoms with E-state index in [0.29, 0.717) is 0 Å². The van der Waals surface area contributed by atoms with Crippen LogP contribution in [-0.2, 0) is 16.2 Å². The lowest BCUT2D eigenvalue weighted by Gasteiger charge is -2.34. The van der Waals surface area contributed by atoms with Gasteiger partial charge in [-0.1, -0.05) is 226 Å². The predicted molar refractivity (Wildman–Crippen MR) is 279 cm³/mol. The number of anilines is 3. The largest absolute Gasteiger partial charge is 0.309 e. The first-order valence-electron chi connectivity index (χ1n) is 23.7. The molecule has 67 heavy (non-hydrogen) atoms. The van der Waals surface area contributed by atoms with Gasteiger partial charge in [-0.05, 0) is 121 Å². The van der Waals surface area contributed by atoms with E-state index < -0.39 is 5.41 Å². The molecule has 0 spiro atoms. The fourth-order valence-corrected chi connectivity index (χ4v) is 12.5. The van der Waals surface area contributed by atoms with Gasteiger partial charge in [-0.2, -0.15) is 0 Å². The molecule has 0 fully saturated rings. The maximum Gasteiger partial charge on any atom is 0.0714 e. The Morgan fingerprint density at radius 2 is 0.746 bits per heavy atom. The lowest BCUT2D eigenvalue weighted by molar-refractivity contribution is 0.660. The van der Waals surface area contributed by atoms with E-state index in [1.165, 1.54) is 100 Å². The number of nitrogens with zero attached hydrogens (tertiary/aromatic N) is 1. The van der Waals surface area contributed by atoms with Crippen LogP contribution in [0.2, 0.25) is 0 Å². The summed E-state index contributed by atoms with van der Waals surface area (Å²) in [5.74, 6) is 0. The van der Waals surface area contributed by atoms with Gasteiger partial charge in [0.1, 0.15) is 0 Å². The van der Waals surface area contributed by atoms with Gasteiger partial charge < -0.3 is 4.90 Å². The van der Waals surface area contributed by atoms with E-state index in [4.69, 9.17) is 0 Å². The van der Waals surface area contributed by atoms with E-state index in [0.717, 1.165) is 11.4 Å². The predicted octanol–water partition coefficient (Wildman–Crippen LogP) is 16.8. The molecular formula is C66H49N. The van der Waals surface area contributed by atoms with Gasteiger partial charge in [-0.3, -0.25) is 0 Å². The van der Waals surface area contributed by atoms with Crippen LogP contribution in [0.3, 0.4) is 0 Å². The molecular weight excluding hydrogens is 807 g/mol. The van der Waals surface area contributed by atoms with Crippen molar-refractivity contribution in [3.63, 3.8) is 0 Å². The second-order valence-electron chi connectivity index (χ2n) is 19.3. The van der Waals surface area contributed by atoms with Gasteiger partial charge in [-0.25, -0.2) is 0 Å². The Morgan fingerprint density at radius 3 is 1.37 bits per heavy atom. The number of hydrogen-bond acceptors (Lipinski definition) is 1. The highest BCUT2D eigenvalue weighted by Gasteiger charge is 2.48. The van der Waals surface area contributed by atoms with Crippen molar-refractivity contribution < 1.29 is 0 Å². The second-order valence-corrected chi connectivity index (χ2v) is 19.3. The molecule has 1 heteroatoms. The maximum atomic E-state index is 2.56. The summed E-state index contributed by atoms with van der Waals surface area (Å²) in [7, 11) is 0. The van der Waals surface area contributed by atoms with Crippen molar-refractivity contribution >= 4 is 17.1 Å². The minimum Gasteiger partial charge on any atom is -0.309 e. The molecule has 10 aromatic carbocycles. The summed E-state index contributed by atoms with van der Waals surface area (Å²) in [4.78, 5) is 2.56. The van der Waals surface area contributed by atoms with E-state index in [1.54, 1.807) is 0 Å². The Labute approximate surface area is 394 Å². The molecule has 318 valence electrons. The Balaban J connectivity index is 1.03. The zero-order valence-electron chi connectivity index (χ0n) is 38.0. The lowest BCUT2D eigenvalue weighted by Crippen LogP contribution is -2.28. The third-order valence-corrected chi connectivity index (χ3v) is 15.7. The van der Waals surface area contributed by atoms with Crippen molar-refractivity contribution in [2.75, 3.05) is 4.90 Å². The first-order valence-corrected chi connectivity index (χ1v) is 23.7. The zero-order chi connectivity index (χ0) is 44.9. The fraction of sp³-hybridized carbons (Fsp3) is 0.0909. The van der Waals surface area contributed by atoms with Crippen molar-refractivity contribution in [3.05, 3.63) is 293 Å². The smallest absolute Gasteiger partial charge is 0.0714 e. The highest BCUT2D eigenvalue weighted by molar-refractivity contribution is 6.01. The Hall–Kier alpha value is -8.00. The highest BCUT2D eigenvalue weighted by atomic mass is 15.1. The molecule has 3 aliphatic rings. The first kappa shape index (κ1) is 39.4. The van der Waals surface area contributed by atoms with Gasteiger partial charge >= 0.3 is 0 Å². The van der Waals surface area contributed by atoms with Crippen molar-refractivity contribution in [2.45, 2.75) is 37.0 Å². The zero-order valence-corrected chi connectivity index (χ0v) is 38.0. The summed E-state index contributed by atoms with van der Waals surface area (Å²) in [6.07, 6.45) is 0. The average molecular weight is 856 g/mol. The van der Waals surface area contributed by atoms with Crippen LogP contribution in [0.25, 0.3) is 44.5 Å². The second kappa shape index (κ2) is 14.8. The Kier molecular flexibility index (Phi) is 8.67. The summed E-state index contributed by atoms with van der Waals surface area (Å²) in [5.41, 5.74) is 24.5. The molecule has 0 bridgehead atoms. The number of hydrogen-bond donors (Lipinski definition) is 0. The van der Waals surface area contributed by atoms with Crippen molar-refractivity contribution in [1.82, 2.24) is 0 Å². The van der Waals surface area contributed by atoms with Crippen LogP contribution in [0.5, 0.6) is 0 Å². The molecule has 0 saturated carbocycles. The molecule has 1 unspecified atom stereocenters. The first-order chi connectivity index (χ1) is 32.9. The van der Waals surface area contributed by atoms with Gasteiger partial charge in [-0.15, -0.1) is 0 Å². The number of fused-ring (bicyclic) bond motifs is 9. The molecule has 0 amide bonds. The quantitative estimate of drug-likeness (QED) is 0.154. The molecule has 0 aliphatic heterocycles. The molecule has 1 nitrogen and oxygen atoms in total. The van der Waals surface area contributed by atoms with Crippen LogP contribution in [0.15, 0.2) is 243 Å². The molecule has 3 aliphatic carbocycles. The summed E-state index contributed by atoms with van der Waals surface area (Å²) in [6.45, 7) is 7.16.